The van der Waals surface area contributed by atoms with Crippen molar-refractivity contribution in [3.05, 3.63) is 48.6 Å². The Hall–Kier alpha value is -1.12. The summed E-state index contributed by atoms with van der Waals surface area (Å²) in [6.07, 6.45) is 5.85. The van der Waals surface area contributed by atoms with Gasteiger partial charge in [0.2, 0.25) is 0 Å². The molecule has 0 bridgehead atoms. The van der Waals surface area contributed by atoms with Gasteiger partial charge in [-0.2, -0.15) is 0 Å². The Morgan fingerprint density at radius 3 is 2.88 bits per heavy atom. The zero-order valence-corrected chi connectivity index (χ0v) is 10.1. The van der Waals surface area contributed by atoms with E-state index in [0.29, 0.717) is 18.3 Å². The zero-order valence-electron chi connectivity index (χ0n) is 10.1. The maximum Gasteiger partial charge on any atom is 0.111 e. The van der Waals surface area contributed by atoms with Crippen LogP contribution in [0.1, 0.15) is 30.9 Å². The molecule has 2 nitrogen and oxygen atoms in total. The van der Waals surface area contributed by atoms with E-state index in [4.69, 9.17) is 4.74 Å². The van der Waals surface area contributed by atoms with Gasteiger partial charge in [-0.3, -0.25) is 4.90 Å². The van der Waals surface area contributed by atoms with Crippen LogP contribution in [0, 0.1) is 0 Å². The van der Waals surface area contributed by atoms with Crippen LogP contribution in [-0.4, -0.2) is 23.8 Å². The van der Waals surface area contributed by atoms with E-state index in [1.807, 2.05) is 6.08 Å². The Labute approximate surface area is 103 Å². The van der Waals surface area contributed by atoms with Gasteiger partial charge in [0.05, 0.1) is 12.6 Å². The van der Waals surface area contributed by atoms with Crippen molar-refractivity contribution in [1.29, 1.82) is 0 Å². The van der Waals surface area contributed by atoms with Crippen LogP contribution in [0.25, 0.3) is 0 Å². The Morgan fingerprint density at radius 1 is 1.29 bits per heavy atom. The summed E-state index contributed by atoms with van der Waals surface area (Å²) in [6, 6.07) is 11.8. The van der Waals surface area contributed by atoms with Crippen LogP contribution in [0.5, 0.6) is 0 Å². The lowest BCUT2D eigenvalue weighted by molar-refractivity contribution is 0.0464. The molecule has 0 spiro atoms. The molecule has 3 rings (SSSR count). The van der Waals surface area contributed by atoms with E-state index >= 15 is 0 Å². The highest BCUT2D eigenvalue weighted by Crippen LogP contribution is 2.40. The van der Waals surface area contributed by atoms with Crippen molar-refractivity contribution >= 4 is 0 Å². The molecule has 1 aromatic carbocycles. The number of benzene rings is 1. The predicted molar refractivity (Wildman–Crippen MR) is 68.6 cm³/mol. The Bertz CT molecular complexity index is 389. The van der Waals surface area contributed by atoms with Gasteiger partial charge >= 0.3 is 0 Å². The molecule has 2 aliphatic heterocycles. The van der Waals surface area contributed by atoms with E-state index < -0.39 is 0 Å². The maximum atomic E-state index is 5.91. The molecule has 90 valence electrons. The number of nitrogens with zero attached hydrogens (tertiary/aromatic N) is 1. The van der Waals surface area contributed by atoms with Crippen molar-refractivity contribution < 1.29 is 4.74 Å². The van der Waals surface area contributed by atoms with Crippen LogP contribution >= 0.6 is 0 Å². The molecular weight excluding hydrogens is 210 g/mol. The van der Waals surface area contributed by atoms with E-state index in [1.165, 1.54) is 18.4 Å². The lowest BCUT2D eigenvalue weighted by atomic mass is 10.0. The van der Waals surface area contributed by atoms with E-state index in [0.717, 1.165) is 13.0 Å². The number of ether oxygens (including phenoxy) is 1. The second kappa shape index (κ2) is 4.63. The zero-order chi connectivity index (χ0) is 11.7. The third kappa shape index (κ3) is 1.92. The molecule has 3 atom stereocenters. The van der Waals surface area contributed by atoms with Crippen LogP contribution in [0.2, 0.25) is 0 Å². The van der Waals surface area contributed by atoms with Gasteiger partial charge in [-0.25, -0.2) is 0 Å². The smallest absolute Gasteiger partial charge is 0.111 e. The molecule has 1 aromatic rings. The molecule has 2 fully saturated rings. The monoisotopic (exact) mass is 229 g/mol. The first kappa shape index (κ1) is 11.0. The Morgan fingerprint density at radius 2 is 2.12 bits per heavy atom. The van der Waals surface area contributed by atoms with Gasteiger partial charge in [-0.05, 0) is 24.8 Å². The minimum atomic E-state index is 0.338. The maximum absolute atomic E-state index is 5.91. The molecule has 2 saturated heterocycles. The van der Waals surface area contributed by atoms with Crippen LogP contribution in [0.15, 0.2) is 43.0 Å². The fourth-order valence-electron chi connectivity index (χ4n) is 3.16. The van der Waals surface area contributed by atoms with Crippen LogP contribution < -0.4 is 0 Å². The molecule has 3 unspecified atom stereocenters. The van der Waals surface area contributed by atoms with E-state index in [9.17, 15) is 0 Å². The molecule has 0 amide bonds. The van der Waals surface area contributed by atoms with E-state index in [1.54, 1.807) is 0 Å². The molecule has 2 heterocycles. The summed E-state index contributed by atoms with van der Waals surface area (Å²) in [6.45, 7) is 4.70. The standard InChI is InChI=1S/C15H19NO/c1-2-6-13-9-10-15-16(13)14(11-17-15)12-7-4-3-5-8-12/h2-5,7-8,13-15H,1,6,9-11H2. The first-order valence-electron chi connectivity index (χ1n) is 6.45. The Kier molecular flexibility index (Phi) is 3.00. The SMILES string of the molecule is C=CCC1CCC2OCC(c3ccccc3)N12. The van der Waals surface area contributed by atoms with Gasteiger partial charge in [0, 0.05) is 6.04 Å². The summed E-state index contributed by atoms with van der Waals surface area (Å²) in [4.78, 5) is 2.55. The lowest BCUT2D eigenvalue weighted by Gasteiger charge is -2.28. The van der Waals surface area contributed by atoms with Crippen molar-refractivity contribution in [3.8, 4) is 0 Å². The van der Waals surface area contributed by atoms with Gasteiger partial charge in [-0.1, -0.05) is 36.4 Å². The average molecular weight is 229 g/mol. The van der Waals surface area contributed by atoms with Crippen molar-refractivity contribution in [3.63, 3.8) is 0 Å². The van der Waals surface area contributed by atoms with Gasteiger partial charge in [0.1, 0.15) is 6.23 Å². The van der Waals surface area contributed by atoms with Crippen molar-refractivity contribution in [2.45, 2.75) is 37.6 Å². The van der Waals surface area contributed by atoms with Gasteiger partial charge < -0.3 is 4.74 Å². The second-order valence-electron chi connectivity index (χ2n) is 4.92. The first-order chi connectivity index (χ1) is 8.40. The average Bonchev–Trinajstić information content (AvgIpc) is 2.94. The van der Waals surface area contributed by atoms with Crippen molar-refractivity contribution in [1.82, 2.24) is 4.90 Å². The fraction of sp³-hybridized carbons (Fsp3) is 0.467. The van der Waals surface area contributed by atoms with E-state index in [-0.39, 0.29) is 0 Å². The quantitative estimate of drug-likeness (QED) is 0.738. The molecule has 17 heavy (non-hydrogen) atoms. The predicted octanol–water partition coefficient (Wildman–Crippen LogP) is 3.12. The Balaban J connectivity index is 1.84. The van der Waals surface area contributed by atoms with Gasteiger partial charge in [0.25, 0.3) is 0 Å². The van der Waals surface area contributed by atoms with Crippen LogP contribution in [0.4, 0.5) is 0 Å². The second-order valence-corrected chi connectivity index (χ2v) is 4.92. The van der Waals surface area contributed by atoms with Crippen LogP contribution in [0.3, 0.4) is 0 Å². The van der Waals surface area contributed by atoms with Gasteiger partial charge in [-0.15, -0.1) is 6.58 Å². The third-order valence-electron chi connectivity index (χ3n) is 3.93. The summed E-state index contributed by atoms with van der Waals surface area (Å²) in [5.74, 6) is 0. The summed E-state index contributed by atoms with van der Waals surface area (Å²) >= 11 is 0. The molecular formula is C15H19NO. The summed E-state index contributed by atoms with van der Waals surface area (Å²) in [7, 11) is 0. The summed E-state index contributed by atoms with van der Waals surface area (Å²) < 4.78 is 5.91. The molecule has 2 aliphatic rings. The van der Waals surface area contributed by atoms with E-state index in [2.05, 4.69) is 41.8 Å². The molecule has 0 aliphatic carbocycles. The highest BCUT2D eigenvalue weighted by atomic mass is 16.5. The first-order valence-corrected chi connectivity index (χ1v) is 6.45. The number of hydrogen-bond acceptors (Lipinski definition) is 2. The molecule has 0 radical (unpaired) electrons. The number of fused-ring (bicyclic) bond motifs is 1. The number of rotatable bonds is 3. The largest absolute Gasteiger partial charge is 0.361 e. The van der Waals surface area contributed by atoms with Crippen molar-refractivity contribution in [2.75, 3.05) is 6.61 Å². The third-order valence-corrected chi connectivity index (χ3v) is 3.93. The van der Waals surface area contributed by atoms with Crippen LogP contribution in [-0.2, 0) is 4.74 Å². The molecule has 0 aromatic heterocycles. The topological polar surface area (TPSA) is 12.5 Å². The molecule has 0 N–H and O–H groups in total. The minimum absolute atomic E-state index is 0.338. The number of hydrogen-bond donors (Lipinski definition) is 0. The molecule has 2 heteroatoms. The summed E-state index contributed by atoms with van der Waals surface area (Å²) in [5.41, 5.74) is 1.38. The minimum Gasteiger partial charge on any atom is -0.361 e. The van der Waals surface area contributed by atoms with Crippen molar-refractivity contribution in [2.24, 2.45) is 0 Å². The normalized spacial score (nSPS) is 32.6. The van der Waals surface area contributed by atoms with Gasteiger partial charge in [0.15, 0.2) is 0 Å². The molecule has 0 saturated carbocycles. The summed E-state index contributed by atoms with van der Waals surface area (Å²) in [5, 5.41) is 0. The highest BCUT2D eigenvalue weighted by molar-refractivity contribution is 5.21. The lowest BCUT2D eigenvalue weighted by Crippen LogP contribution is -2.33. The fourth-order valence-corrected chi connectivity index (χ4v) is 3.16. The highest BCUT2D eigenvalue weighted by Gasteiger charge is 2.43.